The van der Waals surface area contributed by atoms with Crippen LogP contribution in [0.2, 0.25) is 0 Å². The third-order valence-corrected chi connectivity index (χ3v) is 2.14. The molecule has 0 aliphatic carbocycles. The predicted octanol–water partition coefficient (Wildman–Crippen LogP) is 1.37. The molecule has 82 valence electrons. The van der Waals surface area contributed by atoms with Crippen molar-refractivity contribution >= 4 is 5.97 Å². The number of phenols is 1. The molecule has 0 radical (unpaired) electrons. The zero-order valence-corrected chi connectivity index (χ0v) is 8.20. The minimum Gasteiger partial charge on any atom is -0.507 e. The first kappa shape index (κ1) is 11.5. The van der Waals surface area contributed by atoms with Crippen LogP contribution in [0.1, 0.15) is 27.5 Å². The average molecular weight is 213 g/mol. The summed E-state index contributed by atoms with van der Waals surface area (Å²) in [7, 11) is 0. The third kappa shape index (κ3) is 2.24. The van der Waals surface area contributed by atoms with Gasteiger partial charge < -0.3 is 15.9 Å². The Morgan fingerprint density at radius 3 is 2.67 bits per heavy atom. The molecular formula is C10H12FNO3. The van der Waals surface area contributed by atoms with Crippen molar-refractivity contribution in [2.75, 3.05) is 6.67 Å². The molecule has 1 aromatic rings. The third-order valence-electron chi connectivity index (χ3n) is 2.14. The molecule has 0 saturated carbocycles. The number of rotatable bonds is 3. The summed E-state index contributed by atoms with van der Waals surface area (Å²) in [6, 6.07) is 1.50. The van der Waals surface area contributed by atoms with Gasteiger partial charge in [-0.05, 0) is 24.6 Å². The van der Waals surface area contributed by atoms with Gasteiger partial charge in [0.25, 0.3) is 0 Å². The SMILES string of the molecule is Cc1cc(C(=O)O)cc([C@@H](N)CF)c1O. The normalized spacial score (nSPS) is 12.5. The number of phenolic OH excluding ortho intramolecular Hbond substituents is 1. The number of carbonyl (C=O) groups is 1. The van der Waals surface area contributed by atoms with Crippen LogP contribution in [0.5, 0.6) is 5.75 Å². The second-order valence-electron chi connectivity index (χ2n) is 3.30. The first-order chi connectivity index (χ1) is 6.97. The summed E-state index contributed by atoms with van der Waals surface area (Å²) in [4.78, 5) is 10.7. The fourth-order valence-corrected chi connectivity index (χ4v) is 1.30. The number of aromatic hydroxyl groups is 1. The molecule has 4 nitrogen and oxygen atoms in total. The number of alkyl halides is 1. The summed E-state index contributed by atoms with van der Waals surface area (Å²) in [5, 5.41) is 18.3. The van der Waals surface area contributed by atoms with Crippen LogP contribution in [0.25, 0.3) is 0 Å². The van der Waals surface area contributed by atoms with E-state index in [0.717, 1.165) is 0 Å². The van der Waals surface area contributed by atoms with E-state index < -0.39 is 18.7 Å². The molecule has 0 aliphatic heterocycles. The first-order valence-corrected chi connectivity index (χ1v) is 4.35. The van der Waals surface area contributed by atoms with Gasteiger partial charge in [0.2, 0.25) is 0 Å². The Hall–Kier alpha value is -1.62. The van der Waals surface area contributed by atoms with Crippen LogP contribution in [0, 0.1) is 6.92 Å². The second kappa shape index (κ2) is 4.27. The lowest BCUT2D eigenvalue weighted by atomic mass is 10.0. The topological polar surface area (TPSA) is 83.5 Å². The highest BCUT2D eigenvalue weighted by Gasteiger charge is 2.16. The number of aromatic carboxylic acids is 1. The average Bonchev–Trinajstić information content (AvgIpc) is 2.20. The minimum atomic E-state index is -1.13. The van der Waals surface area contributed by atoms with Crippen LogP contribution < -0.4 is 5.73 Å². The number of carboxylic acids is 1. The number of halogens is 1. The van der Waals surface area contributed by atoms with Gasteiger partial charge in [0, 0.05) is 5.56 Å². The summed E-state index contributed by atoms with van der Waals surface area (Å²) < 4.78 is 12.3. The van der Waals surface area contributed by atoms with Crippen molar-refractivity contribution in [2.45, 2.75) is 13.0 Å². The van der Waals surface area contributed by atoms with Gasteiger partial charge >= 0.3 is 5.97 Å². The van der Waals surface area contributed by atoms with E-state index in [1.165, 1.54) is 19.1 Å². The Kier molecular flexibility index (Phi) is 3.26. The first-order valence-electron chi connectivity index (χ1n) is 4.35. The number of nitrogens with two attached hydrogens (primary N) is 1. The number of carboxylic acid groups (broad SMARTS) is 1. The smallest absolute Gasteiger partial charge is 0.335 e. The van der Waals surface area contributed by atoms with Gasteiger partial charge in [-0.2, -0.15) is 0 Å². The van der Waals surface area contributed by atoms with E-state index in [1.807, 2.05) is 0 Å². The van der Waals surface area contributed by atoms with E-state index >= 15 is 0 Å². The molecule has 5 heteroatoms. The van der Waals surface area contributed by atoms with Crippen LogP contribution in [-0.4, -0.2) is 22.9 Å². The quantitative estimate of drug-likeness (QED) is 0.708. The van der Waals surface area contributed by atoms with E-state index in [4.69, 9.17) is 10.8 Å². The molecule has 0 aromatic heterocycles. The Labute approximate surface area is 86.1 Å². The van der Waals surface area contributed by atoms with Crippen molar-refractivity contribution in [1.82, 2.24) is 0 Å². The van der Waals surface area contributed by atoms with Gasteiger partial charge in [-0.3, -0.25) is 0 Å². The van der Waals surface area contributed by atoms with Crippen molar-refractivity contribution in [3.8, 4) is 5.75 Å². The van der Waals surface area contributed by atoms with Crippen molar-refractivity contribution in [3.63, 3.8) is 0 Å². The van der Waals surface area contributed by atoms with Crippen molar-refractivity contribution in [3.05, 3.63) is 28.8 Å². The number of benzene rings is 1. The fraction of sp³-hybridized carbons (Fsp3) is 0.300. The molecule has 0 saturated heterocycles. The molecule has 1 rings (SSSR count). The van der Waals surface area contributed by atoms with Gasteiger partial charge in [0.05, 0.1) is 11.6 Å². The molecule has 0 fully saturated rings. The summed E-state index contributed by atoms with van der Waals surface area (Å²) in [5.74, 6) is -1.28. The zero-order valence-electron chi connectivity index (χ0n) is 8.20. The fourth-order valence-electron chi connectivity index (χ4n) is 1.30. The van der Waals surface area contributed by atoms with Crippen molar-refractivity contribution in [1.29, 1.82) is 0 Å². The Bertz CT molecular complexity index is 392. The molecule has 0 spiro atoms. The monoisotopic (exact) mass is 213 g/mol. The molecule has 0 bridgehead atoms. The molecule has 0 aliphatic rings. The van der Waals surface area contributed by atoms with E-state index in [2.05, 4.69) is 0 Å². The van der Waals surface area contributed by atoms with Crippen LogP contribution in [-0.2, 0) is 0 Å². The van der Waals surface area contributed by atoms with Crippen molar-refractivity contribution < 1.29 is 19.4 Å². The van der Waals surface area contributed by atoms with E-state index in [-0.39, 0.29) is 16.9 Å². The van der Waals surface area contributed by atoms with E-state index in [0.29, 0.717) is 5.56 Å². The maximum Gasteiger partial charge on any atom is 0.335 e. The molecule has 4 N–H and O–H groups in total. The highest BCUT2D eigenvalue weighted by Crippen LogP contribution is 2.28. The molecule has 0 unspecified atom stereocenters. The lowest BCUT2D eigenvalue weighted by molar-refractivity contribution is 0.0696. The van der Waals surface area contributed by atoms with Crippen molar-refractivity contribution in [2.24, 2.45) is 5.73 Å². The standard InChI is InChI=1S/C10H12FNO3/c1-5-2-6(10(14)15)3-7(9(5)13)8(12)4-11/h2-3,8,13H,4,12H2,1H3,(H,14,15)/t8-/m0/s1. The largest absolute Gasteiger partial charge is 0.507 e. The lowest BCUT2D eigenvalue weighted by Gasteiger charge is -2.12. The van der Waals surface area contributed by atoms with E-state index in [1.54, 1.807) is 0 Å². The molecular weight excluding hydrogens is 201 g/mol. The number of aryl methyl sites for hydroxylation is 1. The summed E-state index contributed by atoms with van der Waals surface area (Å²) in [5.41, 5.74) is 5.88. The van der Waals surface area contributed by atoms with Crippen LogP contribution in [0.15, 0.2) is 12.1 Å². The van der Waals surface area contributed by atoms with Crippen LogP contribution >= 0.6 is 0 Å². The highest BCUT2D eigenvalue weighted by atomic mass is 19.1. The molecule has 0 amide bonds. The maximum atomic E-state index is 12.3. The van der Waals surface area contributed by atoms with Gasteiger partial charge in [-0.25, -0.2) is 9.18 Å². The number of hydrogen-bond acceptors (Lipinski definition) is 3. The van der Waals surface area contributed by atoms with Crippen LogP contribution in [0.3, 0.4) is 0 Å². The molecule has 15 heavy (non-hydrogen) atoms. The summed E-state index contributed by atoms with van der Waals surface area (Å²) >= 11 is 0. The molecule has 1 aromatic carbocycles. The Morgan fingerprint density at radius 1 is 1.60 bits per heavy atom. The van der Waals surface area contributed by atoms with Crippen LogP contribution in [0.4, 0.5) is 4.39 Å². The highest BCUT2D eigenvalue weighted by molar-refractivity contribution is 5.88. The van der Waals surface area contributed by atoms with Gasteiger partial charge in [-0.1, -0.05) is 0 Å². The summed E-state index contributed by atoms with van der Waals surface area (Å²) in [6.45, 7) is 0.687. The Balaban J connectivity index is 3.31. The van der Waals surface area contributed by atoms with Gasteiger partial charge in [0.15, 0.2) is 0 Å². The van der Waals surface area contributed by atoms with Gasteiger partial charge in [-0.15, -0.1) is 0 Å². The Morgan fingerprint density at radius 2 is 2.20 bits per heavy atom. The summed E-state index contributed by atoms with van der Waals surface area (Å²) in [6.07, 6.45) is 0. The second-order valence-corrected chi connectivity index (χ2v) is 3.30. The van der Waals surface area contributed by atoms with Gasteiger partial charge in [0.1, 0.15) is 12.4 Å². The predicted molar refractivity (Wildman–Crippen MR) is 52.7 cm³/mol. The van der Waals surface area contributed by atoms with E-state index in [9.17, 15) is 14.3 Å². The zero-order chi connectivity index (χ0) is 11.6. The molecule has 0 heterocycles. The molecule has 1 atom stereocenters. The lowest BCUT2D eigenvalue weighted by Crippen LogP contribution is -2.14. The number of hydrogen-bond donors (Lipinski definition) is 3. The minimum absolute atomic E-state index is 0.0100. The maximum absolute atomic E-state index is 12.3.